The van der Waals surface area contributed by atoms with Gasteiger partial charge in [-0.1, -0.05) is 35.5 Å². The van der Waals surface area contributed by atoms with Crippen molar-refractivity contribution >= 4 is 5.91 Å². The van der Waals surface area contributed by atoms with Gasteiger partial charge in [0.25, 0.3) is 5.91 Å². The second kappa shape index (κ2) is 8.66. The number of nitrogens with zero attached hydrogens (tertiary/aromatic N) is 5. The van der Waals surface area contributed by atoms with E-state index < -0.39 is 17.7 Å². The number of rotatable bonds is 6. The monoisotopic (exact) mass is 461 g/mol. The summed E-state index contributed by atoms with van der Waals surface area (Å²) in [5, 5.41) is 7.86. The maximum absolute atomic E-state index is 14.9. The summed E-state index contributed by atoms with van der Waals surface area (Å²) in [5.41, 5.74) is 2.97. The van der Waals surface area contributed by atoms with E-state index in [1.165, 1.54) is 17.0 Å². The lowest BCUT2D eigenvalue weighted by atomic mass is 10.1. The lowest BCUT2D eigenvalue weighted by molar-refractivity contribution is 0.0759. The summed E-state index contributed by atoms with van der Waals surface area (Å²) in [5.74, 6) is -0.999. The molecule has 2 aromatic heterocycles. The molecule has 1 aliphatic rings. The molecule has 0 radical (unpaired) electrons. The van der Waals surface area contributed by atoms with Crippen molar-refractivity contribution in [3.63, 3.8) is 0 Å². The highest BCUT2D eigenvalue weighted by atomic mass is 19.1. The van der Waals surface area contributed by atoms with E-state index >= 15 is 0 Å². The average Bonchev–Trinajstić information content (AvgIpc) is 3.39. The van der Waals surface area contributed by atoms with E-state index in [-0.39, 0.29) is 18.3 Å². The Morgan fingerprint density at radius 1 is 1.12 bits per heavy atom. The molecule has 0 bridgehead atoms. The molecule has 5 rings (SSSR count). The number of amides is 1. The Bertz CT molecular complexity index is 1390. The summed E-state index contributed by atoms with van der Waals surface area (Å²) in [6.07, 6.45) is 2.61. The van der Waals surface area contributed by atoms with Gasteiger partial charge in [-0.15, -0.1) is 5.10 Å². The fraction of sp³-hybridized carbons (Fsp3) is 0.200. The number of hydrogen-bond acceptors (Lipinski definition) is 5. The van der Waals surface area contributed by atoms with Crippen molar-refractivity contribution in [2.45, 2.75) is 26.1 Å². The quantitative estimate of drug-likeness (QED) is 0.424. The van der Waals surface area contributed by atoms with Gasteiger partial charge in [-0.2, -0.15) is 0 Å². The summed E-state index contributed by atoms with van der Waals surface area (Å²) in [6.45, 7) is 2.08. The Balaban J connectivity index is 1.35. The second-order valence-electron chi connectivity index (χ2n) is 8.18. The maximum Gasteiger partial charge on any atom is 0.260 e. The van der Waals surface area contributed by atoms with Gasteiger partial charge >= 0.3 is 0 Å². The fourth-order valence-corrected chi connectivity index (χ4v) is 4.05. The van der Waals surface area contributed by atoms with Crippen LogP contribution < -0.4 is 4.74 Å². The van der Waals surface area contributed by atoms with Gasteiger partial charge in [-0.05, 0) is 30.7 Å². The van der Waals surface area contributed by atoms with Crippen molar-refractivity contribution in [3.8, 4) is 17.1 Å². The van der Waals surface area contributed by atoms with Gasteiger partial charge in [0.1, 0.15) is 29.0 Å². The molecule has 1 unspecified atom stereocenters. The van der Waals surface area contributed by atoms with Gasteiger partial charge in [-0.25, -0.2) is 13.8 Å². The zero-order valence-electron chi connectivity index (χ0n) is 18.6. The number of aryl methyl sites for hydroxylation is 1. The molecule has 0 fully saturated rings. The number of ether oxygens (including phenoxy) is 1. The lowest BCUT2D eigenvalue weighted by Crippen LogP contribution is -2.24. The summed E-state index contributed by atoms with van der Waals surface area (Å²) in [7, 11) is 1.74. The molecule has 1 atom stereocenters. The molecule has 2 aromatic carbocycles. The highest BCUT2D eigenvalue weighted by Crippen LogP contribution is 2.33. The third-order valence-corrected chi connectivity index (χ3v) is 5.81. The van der Waals surface area contributed by atoms with Crippen molar-refractivity contribution in [2.24, 2.45) is 7.05 Å². The van der Waals surface area contributed by atoms with Gasteiger partial charge in [-0.3, -0.25) is 9.48 Å². The number of fused-ring (bicyclic) bond motifs is 1. The summed E-state index contributed by atoms with van der Waals surface area (Å²) in [4.78, 5) is 19.0. The third kappa shape index (κ3) is 4.00. The van der Waals surface area contributed by atoms with Gasteiger partial charge in [0.15, 0.2) is 0 Å². The van der Waals surface area contributed by atoms with E-state index in [2.05, 4.69) is 15.3 Å². The fourth-order valence-electron chi connectivity index (χ4n) is 4.05. The lowest BCUT2D eigenvalue weighted by Gasteiger charge is -2.18. The predicted octanol–water partition coefficient (Wildman–Crippen LogP) is 4.45. The molecule has 0 spiro atoms. The highest BCUT2D eigenvalue weighted by molar-refractivity contribution is 6.00. The van der Waals surface area contributed by atoms with Gasteiger partial charge < -0.3 is 9.64 Å². The minimum absolute atomic E-state index is 0.0857. The molecule has 1 aliphatic heterocycles. The van der Waals surface area contributed by atoms with Crippen LogP contribution in [-0.2, 0) is 20.1 Å². The highest BCUT2D eigenvalue weighted by Gasteiger charge is 2.33. The van der Waals surface area contributed by atoms with Gasteiger partial charge in [0.05, 0.1) is 6.20 Å². The molecule has 7 nitrogen and oxygen atoms in total. The first-order chi connectivity index (χ1) is 16.4. The first kappa shape index (κ1) is 21.7. The normalized spacial score (nSPS) is 13.8. The molecule has 1 amide bonds. The predicted molar refractivity (Wildman–Crippen MR) is 120 cm³/mol. The SMILES string of the molecule is CC(Oc1nccc2c1C(=O)N(Cc1ccc(-c3cn(C)nn3)cc1F)C2)c1ccccc1F. The summed E-state index contributed by atoms with van der Waals surface area (Å²) < 4.78 is 36.5. The van der Waals surface area contributed by atoms with Crippen LogP contribution in [0.3, 0.4) is 0 Å². The number of benzene rings is 2. The molecule has 0 saturated heterocycles. The number of hydrogen-bond donors (Lipinski definition) is 0. The van der Waals surface area contributed by atoms with E-state index in [1.54, 1.807) is 67.4 Å². The number of carbonyl (C=O) groups is 1. The topological polar surface area (TPSA) is 73.1 Å². The van der Waals surface area contributed by atoms with Crippen molar-refractivity contribution in [2.75, 3.05) is 0 Å². The Morgan fingerprint density at radius 3 is 2.68 bits per heavy atom. The van der Waals surface area contributed by atoms with Crippen molar-refractivity contribution < 1.29 is 18.3 Å². The molecule has 34 heavy (non-hydrogen) atoms. The van der Waals surface area contributed by atoms with Crippen LogP contribution in [0.25, 0.3) is 11.3 Å². The number of carbonyl (C=O) groups excluding carboxylic acids is 1. The van der Waals surface area contributed by atoms with Crippen LogP contribution in [0.4, 0.5) is 8.78 Å². The molecule has 9 heteroatoms. The first-order valence-electron chi connectivity index (χ1n) is 10.7. The zero-order chi connectivity index (χ0) is 23.8. The van der Waals surface area contributed by atoms with Crippen LogP contribution in [-0.4, -0.2) is 30.8 Å². The molecule has 172 valence electrons. The third-order valence-electron chi connectivity index (χ3n) is 5.81. The van der Waals surface area contributed by atoms with E-state index in [4.69, 9.17) is 4.74 Å². The Morgan fingerprint density at radius 2 is 1.94 bits per heavy atom. The smallest absolute Gasteiger partial charge is 0.260 e. The van der Waals surface area contributed by atoms with Crippen LogP contribution >= 0.6 is 0 Å². The Hall–Kier alpha value is -4.14. The van der Waals surface area contributed by atoms with Crippen LogP contribution in [0.1, 0.15) is 40.1 Å². The first-order valence-corrected chi connectivity index (χ1v) is 10.7. The molecule has 3 heterocycles. The molecule has 0 N–H and O–H groups in total. The molecular formula is C25H21F2N5O2. The molecule has 4 aromatic rings. The standard InChI is InChI=1S/C25H21F2N5O2/c1-15(19-5-3-4-6-20(19)26)34-24-23-18(9-10-28-24)13-32(25(23)33)12-17-8-7-16(11-21(17)27)22-14-31(2)30-29-22/h3-11,14-15H,12-13H2,1-2H3. The minimum atomic E-state index is -0.645. The van der Waals surface area contributed by atoms with Crippen molar-refractivity contribution in [1.29, 1.82) is 0 Å². The molecule has 0 aliphatic carbocycles. The van der Waals surface area contributed by atoms with Crippen molar-refractivity contribution in [1.82, 2.24) is 24.9 Å². The van der Waals surface area contributed by atoms with E-state index in [9.17, 15) is 13.6 Å². The maximum atomic E-state index is 14.9. The number of halogens is 2. The summed E-state index contributed by atoms with van der Waals surface area (Å²) >= 11 is 0. The van der Waals surface area contributed by atoms with E-state index in [1.807, 2.05) is 0 Å². The number of aromatic nitrogens is 4. The van der Waals surface area contributed by atoms with Crippen LogP contribution in [0, 0.1) is 11.6 Å². The minimum Gasteiger partial charge on any atom is -0.469 e. The second-order valence-corrected chi connectivity index (χ2v) is 8.18. The van der Waals surface area contributed by atoms with Crippen LogP contribution in [0.5, 0.6) is 5.88 Å². The van der Waals surface area contributed by atoms with E-state index in [0.29, 0.717) is 34.5 Å². The van der Waals surface area contributed by atoms with Crippen LogP contribution in [0.2, 0.25) is 0 Å². The van der Waals surface area contributed by atoms with Gasteiger partial charge in [0, 0.05) is 43.0 Å². The zero-order valence-corrected chi connectivity index (χ0v) is 18.6. The van der Waals surface area contributed by atoms with E-state index in [0.717, 1.165) is 5.56 Å². The van der Waals surface area contributed by atoms with Gasteiger partial charge in [0.2, 0.25) is 5.88 Å². The Labute approximate surface area is 194 Å². The number of pyridine rings is 1. The largest absolute Gasteiger partial charge is 0.469 e. The van der Waals surface area contributed by atoms with Crippen molar-refractivity contribution in [3.05, 3.63) is 94.8 Å². The Kier molecular flexibility index (Phi) is 5.53. The molecular weight excluding hydrogens is 440 g/mol. The summed E-state index contributed by atoms with van der Waals surface area (Å²) in [6, 6.07) is 12.8. The molecule has 0 saturated carbocycles. The average molecular weight is 461 g/mol. The van der Waals surface area contributed by atoms with Crippen LogP contribution in [0.15, 0.2) is 60.9 Å².